The Balaban J connectivity index is 1.69. The lowest BCUT2D eigenvalue weighted by Crippen LogP contribution is -2.06. The number of hydrogen-bond donors (Lipinski definition) is 0. The van der Waals surface area contributed by atoms with Gasteiger partial charge < -0.3 is 4.42 Å². The fourth-order valence-electron chi connectivity index (χ4n) is 2.55. The second-order valence-electron chi connectivity index (χ2n) is 6.20. The Morgan fingerprint density at radius 1 is 0.960 bits per heavy atom. The van der Waals surface area contributed by atoms with E-state index in [1.54, 1.807) is 0 Å². The van der Waals surface area contributed by atoms with E-state index in [2.05, 4.69) is 23.2 Å². The quantitative estimate of drug-likeness (QED) is 0.480. The average Bonchev–Trinajstić information content (AvgIpc) is 3.05. The standard InChI is InChI=1S/C20H20N2O2S/c1-12-5-7-16(8-6-12)19-21-22-20(24-19)25-11-18(23)17-10-14(3)13(2)9-15(17)4/h5-10H,11H2,1-4H3. The van der Waals surface area contributed by atoms with Gasteiger partial charge in [0.15, 0.2) is 5.78 Å². The molecule has 0 amide bonds. The highest BCUT2D eigenvalue weighted by atomic mass is 32.2. The Hall–Kier alpha value is -2.40. The molecule has 0 saturated carbocycles. The number of aromatic nitrogens is 2. The van der Waals surface area contributed by atoms with Gasteiger partial charge in [0.2, 0.25) is 5.89 Å². The number of Topliss-reactive ketones (excluding diaryl/α,β-unsaturated/α-hetero) is 1. The lowest BCUT2D eigenvalue weighted by atomic mass is 9.99. The minimum Gasteiger partial charge on any atom is -0.411 e. The third kappa shape index (κ3) is 3.99. The molecule has 0 N–H and O–H groups in total. The van der Waals surface area contributed by atoms with Crippen LogP contribution in [-0.2, 0) is 0 Å². The van der Waals surface area contributed by atoms with Crippen LogP contribution in [0.5, 0.6) is 0 Å². The zero-order chi connectivity index (χ0) is 18.0. The number of rotatable bonds is 5. The van der Waals surface area contributed by atoms with E-state index in [-0.39, 0.29) is 11.5 Å². The Morgan fingerprint density at radius 3 is 2.36 bits per heavy atom. The average molecular weight is 352 g/mol. The van der Waals surface area contributed by atoms with Crippen molar-refractivity contribution in [3.05, 3.63) is 64.2 Å². The molecule has 3 aromatic rings. The maximum Gasteiger partial charge on any atom is 0.277 e. The fraction of sp³-hybridized carbons (Fsp3) is 0.250. The first kappa shape index (κ1) is 17.4. The van der Waals surface area contributed by atoms with Crippen molar-refractivity contribution in [2.75, 3.05) is 5.75 Å². The van der Waals surface area contributed by atoms with Crippen molar-refractivity contribution >= 4 is 17.5 Å². The van der Waals surface area contributed by atoms with Crippen molar-refractivity contribution in [1.29, 1.82) is 0 Å². The summed E-state index contributed by atoms with van der Waals surface area (Å²) in [7, 11) is 0. The van der Waals surface area contributed by atoms with Gasteiger partial charge in [-0.05, 0) is 62.6 Å². The summed E-state index contributed by atoms with van der Waals surface area (Å²) in [5, 5.41) is 8.50. The largest absolute Gasteiger partial charge is 0.411 e. The molecule has 3 rings (SSSR count). The maximum atomic E-state index is 12.5. The van der Waals surface area contributed by atoms with Gasteiger partial charge in [-0.3, -0.25) is 4.79 Å². The van der Waals surface area contributed by atoms with E-state index in [9.17, 15) is 4.79 Å². The van der Waals surface area contributed by atoms with Crippen molar-refractivity contribution in [2.24, 2.45) is 0 Å². The van der Waals surface area contributed by atoms with Gasteiger partial charge in [-0.25, -0.2) is 0 Å². The Morgan fingerprint density at radius 2 is 1.64 bits per heavy atom. The normalized spacial score (nSPS) is 10.9. The molecule has 0 spiro atoms. The molecule has 1 heterocycles. The van der Waals surface area contributed by atoms with Crippen LogP contribution in [0.15, 0.2) is 46.0 Å². The van der Waals surface area contributed by atoms with Gasteiger partial charge in [0, 0.05) is 11.1 Å². The van der Waals surface area contributed by atoms with E-state index in [1.165, 1.54) is 22.9 Å². The molecule has 0 aliphatic carbocycles. The van der Waals surface area contributed by atoms with E-state index in [1.807, 2.05) is 51.1 Å². The number of thioether (sulfide) groups is 1. The first-order valence-corrected chi connectivity index (χ1v) is 9.07. The Bertz CT molecular complexity index is 914. The summed E-state index contributed by atoms with van der Waals surface area (Å²) in [5.74, 6) is 0.816. The van der Waals surface area contributed by atoms with E-state index in [0.717, 1.165) is 22.3 Å². The topological polar surface area (TPSA) is 56.0 Å². The highest BCUT2D eigenvalue weighted by Crippen LogP contribution is 2.25. The molecule has 4 nitrogen and oxygen atoms in total. The minimum absolute atomic E-state index is 0.0701. The molecular formula is C20H20N2O2S. The summed E-state index contributed by atoms with van der Waals surface area (Å²) in [5.41, 5.74) is 6.13. The predicted octanol–water partition coefficient (Wildman–Crippen LogP) is 4.95. The molecule has 2 aromatic carbocycles. The molecule has 0 radical (unpaired) electrons. The highest BCUT2D eigenvalue weighted by Gasteiger charge is 2.14. The summed E-state index contributed by atoms with van der Waals surface area (Å²) < 4.78 is 5.66. The highest BCUT2D eigenvalue weighted by molar-refractivity contribution is 7.99. The molecule has 0 bridgehead atoms. The van der Waals surface area contributed by atoms with Crippen molar-refractivity contribution < 1.29 is 9.21 Å². The first-order valence-electron chi connectivity index (χ1n) is 8.08. The molecule has 0 atom stereocenters. The molecule has 0 unspecified atom stereocenters. The summed E-state index contributed by atoms with van der Waals surface area (Å²) >= 11 is 1.27. The fourth-order valence-corrected chi connectivity index (χ4v) is 3.19. The number of nitrogens with zero attached hydrogens (tertiary/aromatic N) is 2. The van der Waals surface area contributed by atoms with Gasteiger partial charge in [-0.2, -0.15) is 0 Å². The second-order valence-corrected chi connectivity index (χ2v) is 7.13. The van der Waals surface area contributed by atoms with Crippen LogP contribution in [0.1, 0.15) is 32.6 Å². The number of ketones is 1. The summed E-state index contributed by atoms with van der Waals surface area (Å²) in [6.07, 6.45) is 0. The van der Waals surface area contributed by atoms with Crippen LogP contribution in [0, 0.1) is 27.7 Å². The van der Waals surface area contributed by atoms with Crippen LogP contribution in [0.3, 0.4) is 0 Å². The third-order valence-electron chi connectivity index (χ3n) is 4.17. The Kier molecular flexibility index (Phi) is 5.04. The molecule has 0 aliphatic heterocycles. The summed E-state index contributed by atoms with van der Waals surface area (Å²) in [6.45, 7) is 8.06. The van der Waals surface area contributed by atoms with Gasteiger partial charge in [0.1, 0.15) is 0 Å². The van der Waals surface area contributed by atoms with Crippen molar-refractivity contribution in [2.45, 2.75) is 32.9 Å². The van der Waals surface area contributed by atoms with E-state index >= 15 is 0 Å². The molecule has 0 fully saturated rings. The maximum absolute atomic E-state index is 12.5. The minimum atomic E-state index is 0.0701. The van der Waals surface area contributed by atoms with Crippen molar-refractivity contribution in [1.82, 2.24) is 10.2 Å². The lowest BCUT2D eigenvalue weighted by molar-refractivity contribution is 0.102. The van der Waals surface area contributed by atoms with Gasteiger partial charge in [-0.15, -0.1) is 10.2 Å². The molecular weight excluding hydrogens is 332 g/mol. The van der Waals surface area contributed by atoms with E-state index < -0.39 is 0 Å². The second kappa shape index (κ2) is 7.23. The molecule has 25 heavy (non-hydrogen) atoms. The van der Waals surface area contributed by atoms with Crippen molar-refractivity contribution in [3.8, 4) is 11.5 Å². The summed E-state index contributed by atoms with van der Waals surface area (Å²) in [6, 6.07) is 11.9. The first-order chi connectivity index (χ1) is 11.9. The zero-order valence-corrected chi connectivity index (χ0v) is 15.6. The number of hydrogen-bond acceptors (Lipinski definition) is 5. The van der Waals surface area contributed by atoms with Gasteiger partial charge >= 0.3 is 0 Å². The van der Waals surface area contributed by atoms with Crippen molar-refractivity contribution in [3.63, 3.8) is 0 Å². The van der Waals surface area contributed by atoms with Crippen LogP contribution in [-0.4, -0.2) is 21.7 Å². The number of aryl methyl sites for hydroxylation is 4. The van der Waals surface area contributed by atoms with Gasteiger partial charge in [0.25, 0.3) is 5.22 Å². The third-order valence-corrected chi connectivity index (χ3v) is 4.99. The number of carbonyl (C=O) groups excluding carboxylic acids is 1. The zero-order valence-electron chi connectivity index (χ0n) is 14.8. The number of carbonyl (C=O) groups is 1. The smallest absolute Gasteiger partial charge is 0.277 e. The lowest BCUT2D eigenvalue weighted by Gasteiger charge is -2.08. The predicted molar refractivity (Wildman–Crippen MR) is 100 cm³/mol. The SMILES string of the molecule is Cc1ccc(-c2nnc(SCC(=O)c3cc(C)c(C)cc3C)o2)cc1. The van der Waals surface area contributed by atoms with Gasteiger partial charge in [0.05, 0.1) is 5.75 Å². The number of benzene rings is 2. The monoisotopic (exact) mass is 352 g/mol. The van der Waals surface area contributed by atoms with Crippen LogP contribution in [0.25, 0.3) is 11.5 Å². The van der Waals surface area contributed by atoms with Crippen LogP contribution in [0.2, 0.25) is 0 Å². The molecule has 1 aromatic heterocycles. The molecule has 0 aliphatic rings. The molecule has 5 heteroatoms. The Labute approximate surface area is 151 Å². The van der Waals surface area contributed by atoms with Crippen LogP contribution in [0.4, 0.5) is 0 Å². The van der Waals surface area contributed by atoms with E-state index in [0.29, 0.717) is 11.1 Å². The molecule has 128 valence electrons. The van der Waals surface area contributed by atoms with E-state index in [4.69, 9.17) is 4.42 Å². The molecule has 0 saturated heterocycles. The van der Waals surface area contributed by atoms with Gasteiger partial charge in [-0.1, -0.05) is 35.5 Å². The van der Waals surface area contributed by atoms with Crippen LogP contribution < -0.4 is 0 Å². The summed E-state index contributed by atoms with van der Waals surface area (Å²) in [4.78, 5) is 12.5. The van der Waals surface area contributed by atoms with Crippen LogP contribution >= 0.6 is 11.8 Å².